The number of likely N-dealkylation sites (tertiary alicyclic amines) is 1. The molecule has 1 fully saturated rings. The maximum Gasteiger partial charge on any atom is 0.119 e. The Hall–Kier alpha value is -1.10. The van der Waals surface area contributed by atoms with E-state index in [2.05, 4.69) is 4.90 Å². The fourth-order valence-electron chi connectivity index (χ4n) is 2.56. The highest BCUT2D eigenvalue weighted by atomic mass is 16.5. The minimum absolute atomic E-state index is 0.255. The molecule has 0 spiro atoms. The van der Waals surface area contributed by atoms with Gasteiger partial charge in [-0.3, -0.25) is 4.90 Å². The van der Waals surface area contributed by atoms with Crippen molar-refractivity contribution in [3.05, 3.63) is 29.8 Å². The highest BCUT2D eigenvalue weighted by Gasteiger charge is 2.20. The summed E-state index contributed by atoms with van der Waals surface area (Å²) in [6.45, 7) is 3.43. The molecule has 4 nitrogen and oxygen atoms in total. The summed E-state index contributed by atoms with van der Waals surface area (Å²) in [7, 11) is 0. The van der Waals surface area contributed by atoms with Crippen molar-refractivity contribution < 1.29 is 9.84 Å². The molecule has 19 heavy (non-hydrogen) atoms. The van der Waals surface area contributed by atoms with Gasteiger partial charge in [0.1, 0.15) is 12.4 Å². The molecule has 2 rings (SSSR count). The van der Waals surface area contributed by atoms with E-state index in [1.165, 1.54) is 12.8 Å². The first-order chi connectivity index (χ1) is 9.33. The molecule has 1 heterocycles. The quantitative estimate of drug-likeness (QED) is 0.815. The van der Waals surface area contributed by atoms with Crippen molar-refractivity contribution in [2.45, 2.75) is 31.8 Å². The van der Waals surface area contributed by atoms with Crippen LogP contribution in [0.1, 0.15) is 24.8 Å². The molecule has 1 aliphatic heterocycles. The first-order valence-corrected chi connectivity index (χ1v) is 7.10. The number of benzene rings is 1. The molecule has 1 aromatic carbocycles. The largest absolute Gasteiger partial charge is 0.492 e. The Morgan fingerprint density at radius 2 is 2.05 bits per heavy atom. The van der Waals surface area contributed by atoms with Crippen molar-refractivity contribution in [1.29, 1.82) is 0 Å². The summed E-state index contributed by atoms with van der Waals surface area (Å²) >= 11 is 0. The first kappa shape index (κ1) is 14.3. The molecule has 1 aliphatic rings. The van der Waals surface area contributed by atoms with Crippen LogP contribution in [0.15, 0.2) is 24.3 Å². The summed E-state index contributed by atoms with van der Waals surface area (Å²) < 4.78 is 5.74. The van der Waals surface area contributed by atoms with Crippen molar-refractivity contribution in [2.24, 2.45) is 5.73 Å². The number of nitrogens with two attached hydrogens (primary N) is 1. The zero-order valence-electron chi connectivity index (χ0n) is 11.4. The number of hydrogen-bond acceptors (Lipinski definition) is 4. The van der Waals surface area contributed by atoms with Gasteiger partial charge in [0.15, 0.2) is 0 Å². The van der Waals surface area contributed by atoms with Crippen LogP contribution in [-0.4, -0.2) is 42.4 Å². The highest BCUT2D eigenvalue weighted by molar-refractivity contribution is 5.27. The normalized spacial score (nSPS) is 20.4. The third kappa shape index (κ3) is 4.20. The number of nitrogens with zero attached hydrogens (tertiary/aromatic N) is 1. The predicted molar refractivity (Wildman–Crippen MR) is 76.1 cm³/mol. The fraction of sp³-hybridized carbons (Fsp3) is 0.600. The maximum atomic E-state index is 9.34. The van der Waals surface area contributed by atoms with Gasteiger partial charge in [-0.15, -0.1) is 0 Å². The SMILES string of the molecule is NCc1ccc(OCCN2CCCCC2CO)cc1. The van der Waals surface area contributed by atoms with Gasteiger partial charge < -0.3 is 15.6 Å². The number of ether oxygens (including phenoxy) is 1. The molecule has 106 valence electrons. The number of rotatable bonds is 6. The topological polar surface area (TPSA) is 58.7 Å². The number of piperidine rings is 1. The Labute approximate surface area is 115 Å². The number of aliphatic hydroxyl groups excluding tert-OH is 1. The summed E-state index contributed by atoms with van der Waals surface area (Å²) in [5, 5.41) is 9.34. The first-order valence-electron chi connectivity index (χ1n) is 7.10. The minimum atomic E-state index is 0.255. The average Bonchev–Trinajstić information content (AvgIpc) is 2.48. The second kappa shape index (κ2) is 7.48. The van der Waals surface area contributed by atoms with Crippen LogP contribution in [-0.2, 0) is 6.54 Å². The van der Waals surface area contributed by atoms with E-state index < -0.39 is 0 Å². The van der Waals surface area contributed by atoms with Crippen LogP contribution in [0.25, 0.3) is 0 Å². The lowest BCUT2D eigenvalue weighted by atomic mass is 10.0. The monoisotopic (exact) mass is 264 g/mol. The maximum absolute atomic E-state index is 9.34. The van der Waals surface area contributed by atoms with Gasteiger partial charge in [-0.25, -0.2) is 0 Å². The van der Waals surface area contributed by atoms with Crippen molar-refractivity contribution >= 4 is 0 Å². The van der Waals surface area contributed by atoms with E-state index in [0.717, 1.165) is 30.8 Å². The molecule has 0 bridgehead atoms. The Bertz CT molecular complexity index is 367. The molecule has 1 aromatic rings. The highest BCUT2D eigenvalue weighted by Crippen LogP contribution is 2.17. The van der Waals surface area contributed by atoms with Gasteiger partial charge in [-0.05, 0) is 37.1 Å². The fourth-order valence-corrected chi connectivity index (χ4v) is 2.56. The zero-order valence-corrected chi connectivity index (χ0v) is 11.4. The molecule has 3 N–H and O–H groups in total. The van der Waals surface area contributed by atoms with E-state index in [9.17, 15) is 5.11 Å². The van der Waals surface area contributed by atoms with Crippen molar-refractivity contribution in [1.82, 2.24) is 4.90 Å². The molecule has 0 aliphatic carbocycles. The second-order valence-electron chi connectivity index (χ2n) is 5.06. The van der Waals surface area contributed by atoms with Gasteiger partial charge in [0.25, 0.3) is 0 Å². The summed E-state index contributed by atoms with van der Waals surface area (Å²) in [4.78, 5) is 2.33. The second-order valence-corrected chi connectivity index (χ2v) is 5.06. The molecule has 0 amide bonds. The molecule has 0 aromatic heterocycles. The van der Waals surface area contributed by atoms with Gasteiger partial charge in [-0.2, -0.15) is 0 Å². The number of aliphatic hydroxyl groups is 1. The van der Waals surface area contributed by atoms with E-state index in [4.69, 9.17) is 10.5 Å². The van der Waals surface area contributed by atoms with Gasteiger partial charge >= 0.3 is 0 Å². The lowest BCUT2D eigenvalue weighted by molar-refractivity contribution is 0.0773. The van der Waals surface area contributed by atoms with Crippen molar-refractivity contribution in [3.63, 3.8) is 0 Å². The van der Waals surface area contributed by atoms with Gasteiger partial charge in [0.2, 0.25) is 0 Å². The predicted octanol–water partition coefficient (Wildman–Crippen LogP) is 1.37. The molecule has 0 saturated carbocycles. The third-order valence-electron chi connectivity index (χ3n) is 3.77. The van der Waals surface area contributed by atoms with Crippen LogP contribution >= 0.6 is 0 Å². The molecule has 4 heteroatoms. The Balaban J connectivity index is 1.75. The summed E-state index contributed by atoms with van der Waals surface area (Å²) in [5.74, 6) is 0.884. The van der Waals surface area contributed by atoms with E-state index in [1.807, 2.05) is 24.3 Å². The van der Waals surface area contributed by atoms with E-state index in [0.29, 0.717) is 19.2 Å². The summed E-state index contributed by atoms with van der Waals surface area (Å²) in [5.41, 5.74) is 6.67. The standard InChI is InChI=1S/C15H24N2O2/c16-11-13-4-6-15(7-5-13)19-10-9-17-8-2-1-3-14(17)12-18/h4-7,14,18H,1-3,8-12,16H2. The molecule has 0 radical (unpaired) electrons. The Morgan fingerprint density at radius 1 is 1.26 bits per heavy atom. The third-order valence-corrected chi connectivity index (χ3v) is 3.77. The molecular weight excluding hydrogens is 240 g/mol. The van der Waals surface area contributed by atoms with E-state index in [-0.39, 0.29) is 6.61 Å². The van der Waals surface area contributed by atoms with Gasteiger partial charge in [0, 0.05) is 19.1 Å². The lowest BCUT2D eigenvalue weighted by Gasteiger charge is -2.34. The van der Waals surface area contributed by atoms with E-state index >= 15 is 0 Å². The number of hydrogen-bond donors (Lipinski definition) is 2. The summed E-state index contributed by atoms with van der Waals surface area (Å²) in [6, 6.07) is 8.22. The Kier molecular flexibility index (Phi) is 5.63. The van der Waals surface area contributed by atoms with Crippen LogP contribution in [0.2, 0.25) is 0 Å². The summed E-state index contributed by atoms with van der Waals surface area (Å²) in [6.07, 6.45) is 3.55. The lowest BCUT2D eigenvalue weighted by Crippen LogP contribution is -2.43. The molecule has 1 atom stereocenters. The van der Waals surface area contributed by atoms with Gasteiger partial charge in [0.05, 0.1) is 6.61 Å². The smallest absolute Gasteiger partial charge is 0.119 e. The molecule has 1 saturated heterocycles. The van der Waals surface area contributed by atoms with Crippen LogP contribution in [0.5, 0.6) is 5.75 Å². The van der Waals surface area contributed by atoms with Crippen LogP contribution in [0.3, 0.4) is 0 Å². The van der Waals surface area contributed by atoms with Crippen molar-refractivity contribution in [3.8, 4) is 5.75 Å². The molecule has 1 unspecified atom stereocenters. The zero-order chi connectivity index (χ0) is 13.5. The van der Waals surface area contributed by atoms with Crippen LogP contribution in [0, 0.1) is 0 Å². The van der Waals surface area contributed by atoms with Crippen LogP contribution < -0.4 is 10.5 Å². The van der Waals surface area contributed by atoms with E-state index in [1.54, 1.807) is 0 Å². The molecular formula is C15H24N2O2. The van der Waals surface area contributed by atoms with Gasteiger partial charge in [-0.1, -0.05) is 18.6 Å². The van der Waals surface area contributed by atoms with Crippen molar-refractivity contribution in [2.75, 3.05) is 26.3 Å². The minimum Gasteiger partial charge on any atom is -0.492 e. The Morgan fingerprint density at radius 3 is 2.74 bits per heavy atom. The average molecular weight is 264 g/mol. The van der Waals surface area contributed by atoms with Crippen LogP contribution in [0.4, 0.5) is 0 Å².